The van der Waals surface area contributed by atoms with Gasteiger partial charge in [-0.15, -0.1) is 0 Å². The van der Waals surface area contributed by atoms with Crippen molar-refractivity contribution in [2.45, 2.75) is 31.9 Å². The molecule has 3 nitrogen and oxygen atoms in total. The van der Waals surface area contributed by atoms with Gasteiger partial charge >= 0.3 is 0 Å². The lowest BCUT2D eigenvalue weighted by atomic mass is 9.97. The summed E-state index contributed by atoms with van der Waals surface area (Å²) < 4.78 is 40.0. The highest BCUT2D eigenvalue weighted by Crippen LogP contribution is 2.24. The van der Waals surface area contributed by atoms with Crippen LogP contribution in [0, 0.1) is 5.82 Å². The Morgan fingerprint density at radius 1 is 1.00 bits per heavy atom. The Kier molecular flexibility index (Phi) is 5.55. The summed E-state index contributed by atoms with van der Waals surface area (Å²) in [4.78, 5) is 0. The van der Waals surface area contributed by atoms with E-state index in [1.165, 1.54) is 6.07 Å². The molecule has 2 aromatic carbocycles. The topological polar surface area (TPSA) is 46.2 Å². The van der Waals surface area contributed by atoms with E-state index in [-0.39, 0.29) is 11.7 Å². The van der Waals surface area contributed by atoms with Gasteiger partial charge in [0, 0.05) is 12.1 Å². The smallest absolute Gasteiger partial charge is 0.213 e. The lowest BCUT2D eigenvalue weighted by molar-refractivity contribution is 0.566. The number of halogens is 1. The fourth-order valence-corrected chi connectivity index (χ4v) is 3.03. The van der Waals surface area contributed by atoms with Crippen molar-refractivity contribution in [3.05, 3.63) is 59.9 Å². The van der Waals surface area contributed by atoms with Gasteiger partial charge in [0.15, 0.2) is 0 Å². The molecule has 0 aliphatic carbocycles. The van der Waals surface area contributed by atoms with E-state index in [4.69, 9.17) is 0 Å². The molecule has 5 heteroatoms. The maximum Gasteiger partial charge on any atom is 0.213 e. The van der Waals surface area contributed by atoms with E-state index >= 15 is 0 Å². The summed E-state index contributed by atoms with van der Waals surface area (Å²) in [6.45, 7) is 5.60. The Morgan fingerprint density at radius 3 is 2.17 bits per heavy atom. The highest BCUT2D eigenvalue weighted by atomic mass is 32.2. The highest BCUT2D eigenvalue weighted by molar-refractivity contribution is 7.90. The third-order valence-corrected chi connectivity index (χ3v) is 5.69. The fraction of sp³-hybridized carbons (Fsp3) is 0.333. The fourth-order valence-electron chi connectivity index (χ4n) is 2.21. The Labute approximate surface area is 137 Å². The number of hydrogen-bond donors (Lipinski definition) is 1. The summed E-state index contributed by atoms with van der Waals surface area (Å²) in [5.74, 6) is -0.212. The standard InChI is InChI=1S/C18H22FNO2S/c1-13(2)23(21,22)20-12-14(3)15-8-10-16(11-9-15)17-6-4-5-7-18(17)19/h4-11,13-14,20H,12H2,1-3H3/t14-/m0/s1. The normalized spacial score (nSPS) is 13.3. The highest BCUT2D eigenvalue weighted by Gasteiger charge is 2.17. The molecule has 0 saturated heterocycles. The zero-order valence-corrected chi connectivity index (χ0v) is 14.4. The van der Waals surface area contributed by atoms with Gasteiger partial charge in [0.05, 0.1) is 5.25 Å². The molecule has 2 rings (SSSR count). The van der Waals surface area contributed by atoms with Crippen LogP contribution >= 0.6 is 0 Å². The summed E-state index contributed by atoms with van der Waals surface area (Å²) in [6, 6.07) is 14.2. The summed E-state index contributed by atoms with van der Waals surface area (Å²) in [7, 11) is -3.26. The quantitative estimate of drug-likeness (QED) is 0.869. The van der Waals surface area contributed by atoms with Crippen LogP contribution in [-0.2, 0) is 10.0 Å². The molecule has 0 fully saturated rings. The molecule has 2 aromatic rings. The van der Waals surface area contributed by atoms with Gasteiger partial charge in [-0.3, -0.25) is 0 Å². The minimum absolute atomic E-state index is 0.0400. The van der Waals surface area contributed by atoms with Crippen molar-refractivity contribution in [1.29, 1.82) is 0 Å². The number of benzene rings is 2. The molecular formula is C18H22FNO2S. The molecule has 0 aromatic heterocycles. The van der Waals surface area contributed by atoms with Crippen LogP contribution in [0.5, 0.6) is 0 Å². The zero-order chi connectivity index (χ0) is 17.0. The van der Waals surface area contributed by atoms with Crippen molar-refractivity contribution in [3.63, 3.8) is 0 Å². The molecule has 0 aliphatic rings. The van der Waals surface area contributed by atoms with Crippen LogP contribution in [0.3, 0.4) is 0 Å². The average Bonchev–Trinajstić information content (AvgIpc) is 2.53. The van der Waals surface area contributed by atoms with E-state index in [1.807, 2.05) is 31.2 Å². The molecule has 0 heterocycles. The van der Waals surface area contributed by atoms with E-state index in [0.717, 1.165) is 11.1 Å². The predicted octanol–water partition coefficient (Wildman–Crippen LogP) is 3.92. The first kappa shape index (κ1) is 17.6. The van der Waals surface area contributed by atoms with Crippen molar-refractivity contribution in [2.75, 3.05) is 6.54 Å². The van der Waals surface area contributed by atoms with Gasteiger partial charge in [-0.05, 0) is 37.0 Å². The maximum absolute atomic E-state index is 13.8. The second-order valence-electron chi connectivity index (χ2n) is 5.95. The second kappa shape index (κ2) is 7.23. The Hall–Kier alpha value is -1.72. The molecule has 0 saturated carbocycles. The lowest BCUT2D eigenvalue weighted by Gasteiger charge is -2.15. The predicted molar refractivity (Wildman–Crippen MR) is 92.3 cm³/mol. The second-order valence-corrected chi connectivity index (χ2v) is 8.27. The van der Waals surface area contributed by atoms with Crippen LogP contribution in [0.4, 0.5) is 4.39 Å². The molecule has 0 bridgehead atoms. The van der Waals surface area contributed by atoms with Crippen molar-refractivity contribution < 1.29 is 12.8 Å². The van der Waals surface area contributed by atoms with E-state index < -0.39 is 15.3 Å². The third kappa shape index (κ3) is 4.39. The van der Waals surface area contributed by atoms with E-state index in [1.54, 1.807) is 32.0 Å². The number of sulfonamides is 1. The van der Waals surface area contributed by atoms with Crippen molar-refractivity contribution in [3.8, 4) is 11.1 Å². The SMILES string of the molecule is CC(C)S(=O)(=O)NC[C@H](C)c1ccc(-c2ccccc2F)cc1. The first-order valence-electron chi connectivity index (χ1n) is 7.64. The van der Waals surface area contributed by atoms with Crippen LogP contribution < -0.4 is 4.72 Å². The van der Waals surface area contributed by atoms with Gasteiger partial charge in [0.25, 0.3) is 0 Å². The Morgan fingerprint density at radius 2 is 1.61 bits per heavy atom. The molecule has 124 valence electrons. The van der Waals surface area contributed by atoms with Crippen LogP contribution in [-0.4, -0.2) is 20.2 Å². The molecule has 1 atom stereocenters. The third-order valence-electron chi connectivity index (χ3n) is 3.88. The maximum atomic E-state index is 13.8. The molecule has 0 radical (unpaired) electrons. The average molecular weight is 335 g/mol. The lowest BCUT2D eigenvalue weighted by Crippen LogP contribution is -2.33. The number of nitrogens with one attached hydrogen (secondary N) is 1. The number of rotatable bonds is 6. The first-order chi connectivity index (χ1) is 10.8. The van der Waals surface area contributed by atoms with Gasteiger partial charge in [-0.25, -0.2) is 17.5 Å². The van der Waals surface area contributed by atoms with Gasteiger partial charge < -0.3 is 0 Å². The number of hydrogen-bond acceptors (Lipinski definition) is 2. The summed E-state index contributed by atoms with van der Waals surface area (Å²) in [6.07, 6.45) is 0. The van der Waals surface area contributed by atoms with Gasteiger partial charge in [0.2, 0.25) is 10.0 Å². The van der Waals surface area contributed by atoms with E-state index in [2.05, 4.69) is 4.72 Å². The van der Waals surface area contributed by atoms with Crippen molar-refractivity contribution in [2.24, 2.45) is 0 Å². The Balaban J connectivity index is 2.09. The van der Waals surface area contributed by atoms with Crippen LogP contribution in [0.2, 0.25) is 0 Å². The van der Waals surface area contributed by atoms with Crippen molar-refractivity contribution >= 4 is 10.0 Å². The van der Waals surface area contributed by atoms with Crippen LogP contribution in [0.1, 0.15) is 32.3 Å². The first-order valence-corrected chi connectivity index (χ1v) is 9.19. The van der Waals surface area contributed by atoms with Gasteiger partial charge in [-0.2, -0.15) is 0 Å². The minimum atomic E-state index is -3.26. The van der Waals surface area contributed by atoms with E-state index in [9.17, 15) is 12.8 Å². The molecule has 0 spiro atoms. The molecular weight excluding hydrogens is 313 g/mol. The van der Waals surface area contributed by atoms with Gasteiger partial charge in [-0.1, -0.05) is 49.4 Å². The monoisotopic (exact) mass is 335 g/mol. The molecule has 0 aliphatic heterocycles. The zero-order valence-electron chi connectivity index (χ0n) is 13.6. The Bertz CT molecular complexity index is 755. The van der Waals surface area contributed by atoms with E-state index in [0.29, 0.717) is 12.1 Å². The minimum Gasteiger partial charge on any atom is -0.214 e. The molecule has 0 amide bonds. The van der Waals surface area contributed by atoms with Crippen molar-refractivity contribution in [1.82, 2.24) is 4.72 Å². The summed E-state index contributed by atoms with van der Waals surface area (Å²) in [5, 5.41) is -0.446. The largest absolute Gasteiger partial charge is 0.214 e. The summed E-state index contributed by atoms with van der Waals surface area (Å²) >= 11 is 0. The summed E-state index contributed by atoms with van der Waals surface area (Å²) in [5.41, 5.74) is 2.38. The molecule has 1 N–H and O–H groups in total. The van der Waals surface area contributed by atoms with Gasteiger partial charge in [0.1, 0.15) is 5.82 Å². The van der Waals surface area contributed by atoms with Crippen LogP contribution in [0.15, 0.2) is 48.5 Å². The molecule has 23 heavy (non-hydrogen) atoms. The van der Waals surface area contributed by atoms with Crippen LogP contribution in [0.25, 0.3) is 11.1 Å². The molecule has 0 unspecified atom stereocenters.